The number of piperidine rings is 1. The Bertz CT molecular complexity index is 960. The van der Waals surface area contributed by atoms with E-state index >= 15 is 0 Å². The summed E-state index contributed by atoms with van der Waals surface area (Å²) in [6, 6.07) is 8.70. The molecule has 0 spiro atoms. The fourth-order valence-electron chi connectivity index (χ4n) is 5.28. The lowest BCUT2D eigenvalue weighted by molar-refractivity contribution is 0.210. The van der Waals surface area contributed by atoms with Crippen molar-refractivity contribution in [1.82, 2.24) is 15.1 Å². The zero-order valence-corrected chi connectivity index (χ0v) is 23.2. The van der Waals surface area contributed by atoms with Crippen LogP contribution in [0.3, 0.4) is 0 Å². The highest BCUT2D eigenvalue weighted by Gasteiger charge is 2.21. The molecular weight excluding hydrogens is 440 g/mol. The molecule has 1 fully saturated rings. The first kappa shape index (κ1) is 28.0. The van der Waals surface area contributed by atoms with Crippen LogP contribution in [-0.4, -0.2) is 62.7 Å². The van der Waals surface area contributed by atoms with E-state index in [0.29, 0.717) is 5.92 Å². The third-order valence-electron chi connectivity index (χ3n) is 7.45. The van der Waals surface area contributed by atoms with Crippen molar-refractivity contribution in [2.45, 2.75) is 46.5 Å². The molecule has 1 aromatic carbocycles. The highest BCUT2D eigenvalue weighted by Crippen LogP contribution is 2.30. The lowest BCUT2D eigenvalue weighted by atomic mass is 9.93. The molecule has 3 rings (SSSR count). The van der Waals surface area contributed by atoms with Crippen molar-refractivity contribution >= 4 is 11.3 Å². The fourth-order valence-corrected chi connectivity index (χ4v) is 5.28. The predicted molar refractivity (Wildman–Crippen MR) is 158 cm³/mol. The van der Waals surface area contributed by atoms with Crippen molar-refractivity contribution < 1.29 is 0 Å². The number of likely N-dealkylation sites (tertiary alicyclic amines) is 1. The summed E-state index contributed by atoms with van der Waals surface area (Å²) < 4.78 is 0. The molecule has 0 saturated carbocycles. The van der Waals surface area contributed by atoms with Gasteiger partial charge in [-0.2, -0.15) is 0 Å². The number of likely N-dealkylation sites (N-methyl/N-ethyl adjacent to an activating group) is 1. The molecule has 1 aliphatic heterocycles. The van der Waals surface area contributed by atoms with Crippen molar-refractivity contribution in [3.63, 3.8) is 0 Å². The molecule has 0 amide bonds. The highest BCUT2D eigenvalue weighted by molar-refractivity contribution is 5.74. The van der Waals surface area contributed by atoms with Gasteiger partial charge in [-0.05, 0) is 81.1 Å². The van der Waals surface area contributed by atoms with Crippen LogP contribution in [0.5, 0.6) is 0 Å². The van der Waals surface area contributed by atoms with Crippen LogP contribution in [-0.2, 0) is 0 Å². The van der Waals surface area contributed by atoms with E-state index in [4.69, 9.17) is 0 Å². The summed E-state index contributed by atoms with van der Waals surface area (Å²) in [5.41, 5.74) is 8.08. The molecule has 1 heterocycles. The first-order valence-electron chi connectivity index (χ1n) is 13.9. The molecule has 0 aromatic heterocycles. The molecule has 0 unspecified atom stereocenters. The number of benzene rings is 1. The summed E-state index contributed by atoms with van der Waals surface area (Å²) in [4.78, 5) is 5.13. The predicted octanol–water partition coefficient (Wildman–Crippen LogP) is 6.49. The van der Waals surface area contributed by atoms with Gasteiger partial charge in [-0.15, -0.1) is 0 Å². The van der Waals surface area contributed by atoms with Crippen molar-refractivity contribution in [1.29, 1.82) is 0 Å². The zero-order valence-electron chi connectivity index (χ0n) is 23.2. The van der Waals surface area contributed by atoms with E-state index in [2.05, 4.69) is 102 Å². The first-order valence-corrected chi connectivity index (χ1v) is 13.9. The van der Waals surface area contributed by atoms with Gasteiger partial charge in [0.2, 0.25) is 0 Å². The Kier molecular flexibility index (Phi) is 11.6. The van der Waals surface area contributed by atoms with Gasteiger partial charge < -0.3 is 10.6 Å². The average molecular weight is 489 g/mol. The van der Waals surface area contributed by atoms with Gasteiger partial charge >= 0.3 is 0 Å². The summed E-state index contributed by atoms with van der Waals surface area (Å²) in [6.45, 7) is 18.5. The summed E-state index contributed by atoms with van der Waals surface area (Å²) in [5.74, 6) is 0.592. The van der Waals surface area contributed by atoms with E-state index < -0.39 is 0 Å². The molecule has 4 nitrogen and oxygen atoms in total. The van der Waals surface area contributed by atoms with Gasteiger partial charge in [0.15, 0.2) is 0 Å². The SMILES string of the molecule is C=C(NCCN(CC)CC1=CC=C(c2cccc(NC)c2)C1)C1CCN(CC(/C=C\C)=C/CC)CC1. The Morgan fingerprint density at radius 2 is 2.00 bits per heavy atom. The van der Waals surface area contributed by atoms with E-state index in [0.717, 1.165) is 58.7 Å². The molecule has 2 aliphatic rings. The van der Waals surface area contributed by atoms with Gasteiger partial charge in [-0.3, -0.25) is 9.80 Å². The van der Waals surface area contributed by atoms with Crippen LogP contribution >= 0.6 is 0 Å². The van der Waals surface area contributed by atoms with E-state index in [9.17, 15) is 0 Å². The molecule has 1 aromatic rings. The maximum absolute atomic E-state index is 4.41. The molecule has 1 saturated heterocycles. The molecule has 196 valence electrons. The van der Waals surface area contributed by atoms with Crippen LogP contribution in [0, 0.1) is 5.92 Å². The van der Waals surface area contributed by atoms with E-state index in [1.54, 1.807) is 0 Å². The summed E-state index contributed by atoms with van der Waals surface area (Å²) in [5, 5.41) is 6.91. The number of nitrogens with one attached hydrogen (secondary N) is 2. The zero-order chi connectivity index (χ0) is 25.8. The van der Waals surface area contributed by atoms with Crippen molar-refractivity contribution in [3.05, 3.63) is 83.6 Å². The molecule has 0 atom stereocenters. The molecule has 1 aliphatic carbocycles. The Balaban J connectivity index is 1.36. The largest absolute Gasteiger partial charge is 0.388 e. The summed E-state index contributed by atoms with van der Waals surface area (Å²) >= 11 is 0. The summed E-state index contributed by atoms with van der Waals surface area (Å²) in [6.07, 6.45) is 15.9. The maximum atomic E-state index is 4.41. The normalized spacial score (nSPS) is 17.5. The third kappa shape index (κ3) is 8.53. The fraction of sp³-hybridized carbons (Fsp3) is 0.500. The minimum absolute atomic E-state index is 0.592. The molecule has 4 heteroatoms. The van der Waals surface area contributed by atoms with Crippen LogP contribution in [0.25, 0.3) is 5.57 Å². The number of hydrogen-bond donors (Lipinski definition) is 2. The van der Waals surface area contributed by atoms with Gasteiger partial charge in [0.05, 0.1) is 0 Å². The van der Waals surface area contributed by atoms with Gasteiger partial charge in [0.1, 0.15) is 0 Å². The quantitative estimate of drug-likeness (QED) is 0.293. The highest BCUT2D eigenvalue weighted by atomic mass is 15.1. The van der Waals surface area contributed by atoms with E-state index in [1.165, 1.54) is 46.5 Å². The molecule has 0 radical (unpaired) electrons. The lowest BCUT2D eigenvalue weighted by Gasteiger charge is -2.33. The number of hydrogen-bond acceptors (Lipinski definition) is 4. The molecule has 0 bridgehead atoms. The lowest BCUT2D eigenvalue weighted by Crippen LogP contribution is -2.38. The molecule has 2 N–H and O–H groups in total. The van der Waals surface area contributed by atoms with Crippen molar-refractivity contribution in [2.75, 3.05) is 58.2 Å². The maximum Gasteiger partial charge on any atom is 0.0343 e. The van der Waals surface area contributed by atoms with Gasteiger partial charge in [-0.25, -0.2) is 0 Å². The smallest absolute Gasteiger partial charge is 0.0343 e. The number of rotatable bonds is 14. The van der Waals surface area contributed by atoms with Crippen LogP contribution in [0.4, 0.5) is 5.69 Å². The second kappa shape index (κ2) is 14.9. The summed E-state index contributed by atoms with van der Waals surface area (Å²) in [7, 11) is 1.98. The Hall–Kier alpha value is -2.56. The number of nitrogens with zero attached hydrogens (tertiary/aromatic N) is 2. The van der Waals surface area contributed by atoms with Gasteiger partial charge in [0, 0.05) is 50.5 Å². The second-order valence-electron chi connectivity index (χ2n) is 10.1. The minimum atomic E-state index is 0.592. The van der Waals surface area contributed by atoms with E-state index in [-0.39, 0.29) is 0 Å². The van der Waals surface area contributed by atoms with Gasteiger partial charge in [0.25, 0.3) is 0 Å². The molecule has 36 heavy (non-hydrogen) atoms. The topological polar surface area (TPSA) is 30.5 Å². The van der Waals surface area contributed by atoms with Crippen LogP contribution in [0.1, 0.15) is 52.0 Å². The Morgan fingerprint density at radius 3 is 2.69 bits per heavy atom. The van der Waals surface area contributed by atoms with E-state index in [1.807, 2.05) is 7.05 Å². The number of anilines is 1. The van der Waals surface area contributed by atoms with Crippen molar-refractivity contribution in [3.8, 4) is 0 Å². The van der Waals surface area contributed by atoms with Crippen LogP contribution < -0.4 is 10.6 Å². The monoisotopic (exact) mass is 488 g/mol. The molecular formula is C32H48N4. The standard InChI is InChI=1S/C32H48N4/c1-6-10-27(11-7-2)24-36-19-16-29(17-20-36)26(4)34-18-21-35(8-3)25-28-14-15-31(22-28)30-12-9-13-32(23-30)33-5/h6,9-15,23,29,33-34H,4,7-8,16-22,24-25H2,1-3,5H3/b10-6-,27-11+. The van der Waals surface area contributed by atoms with Crippen LogP contribution in [0.15, 0.2) is 78.1 Å². The second-order valence-corrected chi connectivity index (χ2v) is 10.1. The Labute approximate surface area is 220 Å². The third-order valence-corrected chi connectivity index (χ3v) is 7.45. The van der Waals surface area contributed by atoms with Gasteiger partial charge in [-0.1, -0.05) is 68.5 Å². The van der Waals surface area contributed by atoms with Crippen molar-refractivity contribution in [2.24, 2.45) is 5.92 Å². The van der Waals surface area contributed by atoms with Crippen LogP contribution in [0.2, 0.25) is 0 Å². The minimum Gasteiger partial charge on any atom is -0.388 e. The first-order chi connectivity index (χ1) is 17.6. The number of allylic oxidation sites excluding steroid dienone is 6. The average Bonchev–Trinajstić information content (AvgIpc) is 3.37. The Morgan fingerprint density at radius 1 is 1.19 bits per heavy atom.